The summed E-state index contributed by atoms with van der Waals surface area (Å²) in [6.07, 6.45) is 0. The van der Waals surface area contributed by atoms with Crippen molar-refractivity contribution >= 4 is 56.7 Å². The molecule has 0 radical (unpaired) electrons. The number of aromatic nitrogens is 2. The number of thioether (sulfide) groups is 2. The van der Waals surface area contributed by atoms with Crippen molar-refractivity contribution in [2.45, 2.75) is 74.0 Å². The number of benzene rings is 2. The van der Waals surface area contributed by atoms with Crippen LogP contribution in [0.4, 0.5) is 11.4 Å². The number of nitrogens with one attached hydrogen (secondary N) is 2. The topological polar surface area (TPSA) is 80.8 Å². The van der Waals surface area contributed by atoms with Gasteiger partial charge < -0.3 is 20.2 Å². The molecule has 0 fully saturated rings. The summed E-state index contributed by atoms with van der Waals surface area (Å²) < 4.78 is 0. The van der Waals surface area contributed by atoms with E-state index < -0.39 is 11.2 Å². The van der Waals surface area contributed by atoms with Gasteiger partial charge in [-0.3, -0.25) is 0 Å². The van der Waals surface area contributed by atoms with Crippen LogP contribution in [-0.2, 0) is 11.2 Å². The molecule has 0 bridgehead atoms. The summed E-state index contributed by atoms with van der Waals surface area (Å²) in [5, 5.41) is 23.4. The minimum absolute atomic E-state index is 0. The van der Waals surface area contributed by atoms with Crippen molar-refractivity contribution in [2.24, 2.45) is 0 Å². The van der Waals surface area contributed by atoms with Crippen LogP contribution in [0.25, 0.3) is 31.5 Å². The Bertz CT molecular complexity index is 1480. The second kappa shape index (κ2) is 13.9. The minimum Gasteiger partial charge on any atom is -0.383 e. The van der Waals surface area contributed by atoms with E-state index in [1.165, 1.54) is 0 Å². The highest BCUT2D eigenvalue weighted by Gasteiger charge is 2.29. The maximum atomic E-state index is 10.7. The summed E-state index contributed by atoms with van der Waals surface area (Å²) in [5.74, 6) is 3.28. The Morgan fingerprint density at radius 3 is 1.34 bits per heavy atom. The van der Waals surface area contributed by atoms with Gasteiger partial charge in [0.2, 0.25) is 0 Å². The van der Waals surface area contributed by atoms with E-state index in [-0.39, 0.29) is 7.43 Å². The van der Waals surface area contributed by atoms with E-state index in [1.807, 2.05) is 65.8 Å². The van der Waals surface area contributed by atoms with Crippen molar-refractivity contribution in [1.29, 1.82) is 0 Å². The molecule has 2 unspecified atom stereocenters. The van der Waals surface area contributed by atoms with Gasteiger partial charge in [-0.1, -0.05) is 21.3 Å². The predicted octanol–water partition coefficient (Wildman–Crippen LogP) is 9.23. The highest BCUT2D eigenvalue weighted by Crippen LogP contribution is 2.36. The number of H-pyrrole nitrogens is 2. The Morgan fingerprint density at radius 2 is 1.05 bits per heavy atom. The zero-order valence-electron chi connectivity index (χ0n) is 24.7. The Balaban J connectivity index is 0.000000280. The number of rotatable bonds is 8. The van der Waals surface area contributed by atoms with Gasteiger partial charge in [0.15, 0.2) is 11.4 Å². The number of hydrogen-bond acceptors (Lipinski definition) is 4. The smallest absolute Gasteiger partial charge is 0.190 e. The third kappa shape index (κ3) is 7.31. The molecule has 4 aromatic rings. The van der Waals surface area contributed by atoms with Gasteiger partial charge in [0.25, 0.3) is 0 Å². The van der Waals surface area contributed by atoms with Crippen molar-refractivity contribution in [1.82, 2.24) is 9.97 Å². The molecule has 0 saturated heterocycles. The molecule has 2 aromatic heterocycles. The third-order valence-electron chi connectivity index (χ3n) is 7.24. The van der Waals surface area contributed by atoms with Crippen LogP contribution in [0.5, 0.6) is 0 Å². The summed E-state index contributed by atoms with van der Waals surface area (Å²) in [6.45, 7) is 30.2. The standard InChI is InChI=1S/2C16H20N2OS.CH4/c2*1-6-20-9-16(4,19)15-11(3)12-8-13(17-5)10(2)7-14(12)18-15;/h2*7-8,18-19H,6,9H2,1-4H3;1H4. The van der Waals surface area contributed by atoms with E-state index in [0.29, 0.717) is 22.9 Å². The summed E-state index contributed by atoms with van der Waals surface area (Å²) in [7, 11) is 0. The van der Waals surface area contributed by atoms with E-state index in [1.54, 1.807) is 23.5 Å². The largest absolute Gasteiger partial charge is 0.383 e. The molecule has 2 heterocycles. The van der Waals surface area contributed by atoms with E-state index in [4.69, 9.17) is 13.1 Å². The molecule has 0 spiro atoms. The fraction of sp³-hybridized carbons (Fsp3) is 0.455. The zero-order chi connectivity index (χ0) is 29.8. The molecular formula is C33H44N4O2S2. The normalized spacial score (nSPS) is 13.9. The molecule has 4 N–H and O–H groups in total. The molecule has 8 heteroatoms. The first-order valence-corrected chi connectivity index (χ1v) is 15.7. The van der Waals surface area contributed by atoms with Crippen LogP contribution >= 0.6 is 23.5 Å². The Morgan fingerprint density at radius 1 is 0.707 bits per heavy atom. The lowest BCUT2D eigenvalue weighted by atomic mass is 10.00. The van der Waals surface area contributed by atoms with Gasteiger partial charge in [0, 0.05) is 22.5 Å². The van der Waals surface area contributed by atoms with Crippen molar-refractivity contribution in [3.8, 4) is 0 Å². The Hall–Kier alpha value is -2.88. The summed E-state index contributed by atoms with van der Waals surface area (Å²) >= 11 is 3.44. The number of hydrogen-bond donors (Lipinski definition) is 4. The monoisotopic (exact) mass is 592 g/mol. The Kier molecular flexibility index (Phi) is 11.6. The first-order chi connectivity index (χ1) is 18.8. The van der Waals surface area contributed by atoms with E-state index in [9.17, 15) is 10.2 Å². The van der Waals surface area contributed by atoms with Gasteiger partial charge in [-0.2, -0.15) is 23.5 Å². The average molecular weight is 593 g/mol. The molecule has 0 amide bonds. The molecule has 41 heavy (non-hydrogen) atoms. The zero-order valence-corrected chi connectivity index (χ0v) is 26.4. The van der Waals surface area contributed by atoms with Crippen molar-refractivity contribution in [2.75, 3.05) is 23.0 Å². The van der Waals surface area contributed by atoms with Gasteiger partial charge in [-0.15, -0.1) is 0 Å². The van der Waals surface area contributed by atoms with Crippen LogP contribution in [0, 0.1) is 40.8 Å². The van der Waals surface area contributed by atoms with Crippen LogP contribution in [0.1, 0.15) is 68.8 Å². The number of aliphatic hydroxyl groups is 2. The molecule has 2 aromatic carbocycles. The molecular weight excluding hydrogens is 549 g/mol. The van der Waals surface area contributed by atoms with Crippen molar-refractivity contribution in [3.05, 3.63) is 80.7 Å². The summed E-state index contributed by atoms with van der Waals surface area (Å²) in [4.78, 5) is 13.8. The van der Waals surface area contributed by atoms with Crippen LogP contribution in [0.2, 0.25) is 0 Å². The average Bonchev–Trinajstić information content (AvgIpc) is 3.42. The van der Waals surface area contributed by atoms with Gasteiger partial charge in [0.05, 0.1) is 24.5 Å². The highest BCUT2D eigenvalue weighted by atomic mass is 32.2. The molecule has 0 aliphatic rings. The summed E-state index contributed by atoms with van der Waals surface area (Å²) in [5.41, 5.74) is 7.27. The molecule has 2 atom stereocenters. The summed E-state index contributed by atoms with van der Waals surface area (Å²) in [6, 6.07) is 7.80. The fourth-order valence-corrected chi connectivity index (χ4v) is 6.50. The number of nitrogens with zero attached hydrogens (tertiary/aromatic N) is 2. The predicted molar refractivity (Wildman–Crippen MR) is 180 cm³/mol. The molecule has 220 valence electrons. The van der Waals surface area contributed by atoms with Crippen molar-refractivity contribution in [3.63, 3.8) is 0 Å². The van der Waals surface area contributed by atoms with Crippen LogP contribution in [-0.4, -0.2) is 43.2 Å². The van der Waals surface area contributed by atoms with E-state index in [0.717, 1.165) is 67.0 Å². The number of aryl methyl sites for hydroxylation is 4. The van der Waals surface area contributed by atoms with Crippen LogP contribution in [0.3, 0.4) is 0 Å². The van der Waals surface area contributed by atoms with Crippen molar-refractivity contribution < 1.29 is 10.2 Å². The molecule has 0 saturated carbocycles. The van der Waals surface area contributed by atoms with Crippen LogP contribution < -0.4 is 0 Å². The quantitative estimate of drug-likeness (QED) is 0.154. The fourth-order valence-electron chi connectivity index (χ4n) is 5.01. The van der Waals surface area contributed by atoms with Gasteiger partial charge in [-0.25, -0.2) is 9.69 Å². The second-order valence-corrected chi connectivity index (χ2v) is 13.2. The van der Waals surface area contributed by atoms with Gasteiger partial charge in [0.1, 0.15) is 11.2 Å². The van der Waals surface area contributed by atoms with E-state index in [2.05, 4.69) is 33.5 Å². The molecule has 0 aliphatic carbocycles. The maximum absolute atomic E-state index is 10.7. The lowest BCUT2D eigenvalue weighted by Crippen LogP contribution is -2.26. The highest BCUT2D eigenvalue weighted by molar-refractivity contribution is 7.99. The Labute approximate surface area is 254 Å². The van der Waals surface area contributed by atoms with Crippen LogP contribution in [0.15, 0.2) is 24.3 Å². The SMILES string of the molecule is C.[C-]#[N+]c1cc2c(C)c(C(C)(O)CSCC)[nH]c2cc1C.[C-]#[N+]c1cc2c(C)c(C(C)(O)CSCC)[nH]c2cc1C. The number of aromatic amines is 2. The molecule has 6 nitrogen and oxygen atoms in total. The maximum Gasteiger partial charge on any atom is 0.190 e. The third-order valence-corrected chi connectivity index (χ3v) is 9.59. The lowest BCUT2D eigenvalue weighted by molar-refractivity contribution is 0.0788. The molecule has 0 aliphatic heterocycles. The molecule has 4 rings (SSSR count). The number of fused-ring (bicyclic) bond motifs is 2. The first kappa shape index (κ1) is 34.3. The minimum atomic E-state index is -0.879. The second-order valence-electron chi connectivity index (χ2n) is 10.7. The van der Waals surface area contributed by atoms with Gasteiger partial charge in [-0.05, 0) is 110 Å². The van der Waals surface area contributed by atoms with E-state index >= 15 is 0 Å². The first-order valence-electron chi connectivity index (χ1n) is 13.4. The lowest BCUT2D eigenvalue weighted by Gasteiger charge is -2.22. The van der Waals surface area contributed by atoms with Gasteiger partial charge >= 0.3 is 0 Å².